The predicted octanol–water partition coefficient (Wildman–Crippen LogP) is 6.17. The Morgan fingerprint density at radius 3 is 2.43 bits per heavy atom. The van der Waals surface area contributed by atoms with Crippen molar-refractivity contribution in [1.82, 2.24) is 0 Å². The van der Waals surface area contributed by atoms with Gasteiger partial charge in [-0.1, -0.05) is 41.0 Å². The van der Waals surface area contributed by atoms with Crippen LogP contribution in [0.3, 0.4) is 0 Å². The maximum absolute atomic E-state index is 13.1. The fraction of sp³-hybridized carbons (Fsp3) is 0.800. The summed E-state index contributed by atoms with van der Waals surface area (Å²) >= 11 is 0. The topological polar surface area (TPSA) is 50.4 Å². The Morgan fingerprint density at radius 2 is 1.68 bits per heavy atom. The Hall–Kier alpha value is -1.09. The van der Waals surface area contributed by atoms with Crippen LogP contribution in [0, 0.1) is 39.4 Å². The van der Waals surface area contributed by atoms with Crippen molar-refractivity contribution < 1.29 is 14.3 Å². The lowest BCUT2D eigenvalue weighted by atomic mass is 9.43. The number of furan rings is 1. The first-order valence-corrected chi connectivity index (χ1v) is 11.3. The normalized spacial score (nSPS) is 49.6. The summed E-state index contributed by atoms with van der Waals surface area (Å²) in [5.74, 6) is 2.20. The number of fused-ring (bicyclic) bond motifs is 6. The molecular weight excluding hydrogens is 348 g/mol. The highest BCUT2D eigenvalue weighted by atomic mass is 16.4. The van der Waals surface area contributed by atoms with E-state index in [1.165, 1.54) is 32.1 Å². The standard InChI is InChI=1S/C25H36O3/c1-22(2)9-6-10-23(3)17(22)7-11-24(4)18-13-16(26)15-8-12-28-20(15)21(27)25(18,5)14-19(23)24/h8,12,17-19,21,27H,6-7,9-11,13-14H2,1-5H3. The van der Waals surface area contributed by atoms with Crippen LogP contribution in [0.1, 0.15) is 102 Å². The van der Waals surface area contributed by atoms with Gasteiger partial charge in [0.1, 0.15) is 11.9 Å². The zero-order valence-corrected chi connectivity index (χ0v) is 18.2. The number of aliphatic hydroxyl groups excluding tert-OH is 1. The van der Waals surface area contributed by atoms with Gasteiger partial charge in [0.15, 0.2) is 5.78 Å². The van der Waals surface area contributed by atoms with Gasteiger partial charge in [-0.3, -0.25) is 4.79 Å². The molecule has 3 saturated carbocycles. The largest absolute Gasteiger partial charge is 0.466 e. The number of hydrogen-bond acceptors (Lipinski definition) is 3. The summed E-state index contributed by atoms with van der Waals surface area (Å²) in [7, 11) is 0. The fourth-order valence-corrected chi connectivity index (χ4v) is 9.03. The minimum absolute atomic E-state index is 0.119. The molecule has 0 aliphatic heterocycles. The Morgan fingerprint density at radius 1 is 0.964 bits per heavy atom. The molecule has 7 atom stereocenters. The lowest BCUT2D eigenvalue weighted by Gasteiger charge is -2.62. The molecule has 1 heterocycles. The summed E-state index contributed by atoms with van der Waals surface area (Å²) in [5.41, 5.74) is 1.13. The molecule has 7 unspecified atom stereocenters. The van der Waals surface area contributed by atoms with Crippen molar-refractivity contribution in [3.05, 3.63) is 23.7 Å². The Labute approximate surface area is 169 Å². The van der Waals surface area contributed by atoms with Crippen LogP contribution in [-0.4, -0.2) is 10.9 Å². The molecular formula is C25H36O3. The number of ketones is 1. The minimum Gasteiger partial charge on any atom is -0.466 e. The van der Waals surface area contributed by atoms with Crippen molar-refractivity contribution in [1.29, 1.82) is 0 Å². The number of carbonyl (C=O) groups is 1. The molecule has 28 heavy (non-hydrogen) atoms. The molecule has 1 aromatic rings. The van der Waals surface area contributed by atoms with E-state index >= 15 is 0 Å². The van der Waals surface area contributed by atoms with Crippen LogP contribution in [0.15, 0.2) is 16.7 Å². The summed E-state index contributed by atoms with van der Waals surface area (Å²) < 4.78 is 5.67. The quantitative estimate of drug-likeness (QED) is 0.581. The van der Waals surface area contributed by atoms with Crippen LogP contribution in [0.4, 0.5) is 0 Å². The lowest BCUT2D eigenvalue weighted by Crippen LogP contribution is -2.54. The number of hydrogen-bond donors (Lipinski definition) is 1. The van der Waals surface area contributed by atoms with E-state index in [4.69, 9.17) is 4.42 Å². The van der Waals surface area contributed by atoms with E-state index in [2.05, 4.69) is 34.6 Å². The van der Waals surface area contributed by atoms with Crippen LogP contribution in [0.25, 0.3) is 0 Å². The van der Waals surface area contributed by atoms with Crippen molar-refractivity contribution in [3.8, 4) is 0 Å². The van der Waals surface area contributed by atoms with Crippen molar-refractivity contribution >= 4 is 5.78 Å². The second kappa shape index (κ2) is 5.53. The number of aliphatic hydroxyl groups is 1. The summed E-state index contributed by atoms with van der Waals surface area (Å²) in [4.78, 5) is 13.1. The van der Waals surface area contributed by atoms with E-state index in [0.717, 1.165) is 12.3 Å². The van der Waals surface area contributed by atoms with Gasteiger partial charge in [-0.05, 0) is 72.2 Å². The fourth-order valence-electron chi connectivity index (χ4n) is 9.03. The van der Waals surface area contributed by atoms with E-state index in [0.29, 0.717) is 34.5 Å². The molecule has 0 aromatic carbocycles. The zero-order chi connectivity index (χ0) is 20.1. The van der Waals surface area contributed by atoms with Crippen LogP contribution >= 0.6 is 0 Å². The highest BCUT2D eigenvalue weighted by Gasteiger charge is 2.69. The van der Waals surface area contributed by atoms with Crippen molar-refractivity contribution in [2.75, 3.05) is 0 Å². The van der Waals surface area contributed by atoms with Crippen LogP contribution < -0.4 is 0 Å². The molecule has 5 rings (SSSR count). The molecule has 4 aliphatic rings. The molecule has 3 heteroatoms. The summed E-state index contributed by atoms with van der Waals surface area (Å²) in [6.45, 7) is 12.2. The Kier molecular flexibility index (Phi) is 3.74. The molecule has 0 bridgehead atoms. The molecule has 1 aromatic heterocycles. The van der Waals surface area contributed by atoms with E-state index in [9.17, 15) is 9.90 Å². The van der Waals surface area contributed by atoms with Gasteiger partial charge in [0.05, 0.1) is 11.8 Å². The van der Waals surface area contributed by atoms with Crippen LogP contribution in [0.2, 0.25) is 0 Å². The molecule has 0 spiro atoms. The first-order valence-electron chi connectivity index (χ1n) is 11.3. The SMILES string of the molecule is CC1(C)CCCC2(C)C1CCC1(C)C3CC(=O)c4ccoc4C(O)C3(C)CC21. The minimum atomic E-state index is -0.685. The van der Waals surface area contributed by atoms with Crippen molar-refractivity contribution in [2.45, 2.75) is 85.7 Å². The van der Waals surface area contributed by atoms with Gasteiger partial charge in [0.2, 0.25) is 0 Å². The van der Waals surface area contributed by atoms with E-state index < -0.39 is 6.10 Å². The van der Waals surface area contributed by atoms with E-state index in [-0.39, 0.29) is 22.5 Å². The first kappa shape index (κ1) is 18.9. The molecule has 4 aliphatic carbocycles. The summed E-state index contributed by atoms with van der Waals surface area (Å²) in [6, 6.07) is 1.76. The first-order chi connectivity index (χ1) is 13.0. The zero-order valence-electron chi connectivity index (χ0n) is 18.2. The third kappa shape index (κ3) is 2.12. The second-order valence-corrected chi connectivity index (χ2v) is 12.0. The highest BCUT2D eigenvalue weighted by Crippen LogP contribution is 2.75. The van der Waals surface area contributed by atoms with Gasteiger partial charge in [0.25, 0.3) is 0 Å². The third-order valence-corrected chi connectivity index (χ3v) is 10.3. The summed E-state index contributed by atoms with van der Waals surface area (Å²) in [5, 5.41) is 11.5. The maximum atomic E-state index is 13.1. The average Bonchev–Trinajstić information content (AvgIpc) is 3.16. The number of carbonyl (C=O) groups excluding carboxylic acids is 1. The van der Waals surface area contributed by atoms with Crippen LogP contribution in [0.5, 0.6) is 0 Å². The molecule has 3 fully saturated rings. The van der Waals surface area contributed by atoms with Crippen LogP contribution in [-0.2, 0) is 0 Å². The molecule has 3 nitrogen and oxygen atoms in total. The Balaban J connectivity index is 1.62. The van der Waals surface area contributed by atoms with Gasteiger partial charge in [-0.25, -0.2) is 0 Å². The van der Waals surface area contributed by atoms with Gasteiger partial charge in [-0.15, -0.1) is 0 Å². The highest BCUT2D eigenvalue weighted by molar-refractivity contribution is 5.97. The molecule has 0 amide bonds. The van der Waals surface area contributed by atoms with Gasteiger partial charge in [-0.2, -0.15) is 0 Å². The predicted molar refractivity (Wildman–Crippen MR) is 109 cm³/mol. The van der Waals surface area contributed by atoms with E-state index in [1.807, 2.05) is 0 Å². The molecule has 1 N–H and O–H groups in total. The maximum Gasteiger partial charge on any atom is 0.166 e. The molecule has 154 valence electrons. The average molecular weight is 385 g/mol. The smallest absolute Gasteiger partial charge is 0.166 e. The Bertz CT molecular complexity index is 822. The summed E-state index contributed by atoms with van der Waals surface area (Å²) in [6.07, 6.45) is 8.81. The third-order valence-electron chi connectivity index (χ3n) is 10.3. The second-order valence-electron chi connectivity index (χ2n) is 12.0. The monoisotopic (exact) mass is 384 g/mol. The lowest BCUT2D eigenvalue weighted by molar-refractivity contribution is -0.126. The number of Topliss-reactive ketones (excluding diaryl/α,β-unsaturated/α-hetero) is 1. The van der Waals surface area contributed by atoms with Gasteiger partial charge < -0.3 is 9.52 Å². The number of rotatable bonds is 0. The molecule has 0 saturated heterocycles. The van der Waals surface area contributed by atoms with Gasteiger partial charge in [0, 0.05) is 11.8 Å². The van der Waals surface area contributed by atoms with Crippen molar-refractivity contribution in [3.63, 3.8) is 0 Å². The van der Waals surface area contributed by atoms with Crippen molar-refractivity contribution in [2.24, 2.45) is 39.4 Å². The molecule has 0 radical (unpaired) electrons. The van der Waals surface area contributed by atoms with E-state index in [1.54, 1.807) is 12.3 Å². The van der Waals surface area contributed by atoms with Gasteiger partial charge >= 0.3 is 0 Å².